The Hall–Kier alpha value is -0.760. The molecule has 0 heterocycles. The Kier molecular flexibility index (Phi) is 10.5. The summed E-state index contributed by atoms with van der Waals surface area (Å²) in [5, 5.41) is 0. The molecule has 0 spiro atoms. The van der Waals surface area contributed by atoms with Crippen LogP contribution in [-0.2, 0) is 9.53 Å². The summed E-state index contributed by atoms with van der Waals surface area (Å²) in [5.41, 5.74) is 0.935. The van der Waals surface area contributed by atoms with E-state index in [1.165, 1.54) is 25.3 Å². The highest BCUT2D eigenvalue weighted by atomic mass is 35.5. The summed E-state index contributed by atoms with van der Waals surface area (Å²) in [7, 11) is 0. The minimum absolute atomic E-state index is 0.0748. The van der Waals surface area contributed by atoms with Gasteiger partial charge in [0.1, 0.15) is 0 Å². The number of hydrogen-bond donors (Lipinski definition) is 0. The predicted octanol–water partition coefficient (Wildman–Crippen LogP) is 5.66. The smallest absolute Gasteiger partial charge is 0.330 e. The molecule has 0 N–H and O–H groups in total. The summed E-state index contributed by atoms with van der Waals surface area (Å²) in [6, 6.07) is 0. The van der Waals surface area contributed by atoms with Crippen LogP contribution in [0.5, 0.6) is 0 Å². The zero-order valence-corrected chi connectivity index (χ0v) is 15.0. The highest BCUT2D eigenvalue weighted by molar-refractivity contribution is 6.23. The van der Waals surface area contributed by atoms with Crippen LogP contribution in [0.3, 0.4) is 0 Å². The molecule has 0 aromatic carbocycles. The number of allylic oxidation sites excluding steroid dienone is 3. The number of hydrogen-bond acceptors (Lipinski definition) is 2. The van der Waals surface area contributed by atoms with E-state index in [-0.39, 0.29) is 10.8 Å². The molecule has 122 valence electrons. The molecule has 0 saturated heterocycles. The molecule has 0 bridgehead atoms. The van der Waals surface area contributed by atoms with Gasteiger partial charge in [-0.25, -0.2) is 4.79 Å². The Bertz CT molecular complexity index is 351. The van der Waals surface area contributed by atoms with Gasteiger partial charge in [-0.15, -0.1) is 11.6 Å². The number of carbonyl (C=O) groups excluding carboxylic acids is 1. The fourth-order valence-electron chi connectivity index (χ4n) is 2.08. The minimum Gasteiger partial charge on any atom is -0.463 e. The van der Waals surface area contributed by atoms with Crippen LogP contribution in [0.25, 0.3) is 0 Å². The van der Waals surface area contributed by atoms with Crippen LogP contribution in [0.1, 0.15) is 66.7 Å². The van der Waals surface area contributed by atoms with Gasteiger partial charge in [-0.2, -0.15) is 0 Å². The summed E-state index contributed by atoms with van der Waals surface area (Å²) in [6.45, 7) is 10.6. The first-order chi connectivity index (χ1) is 9.74. The second-order valence-corrected chi connectivity index (χ2v) is 7.36. The lowest BCUT2D eigenvalue weighted by Gasteiger charge is -2.16. The highest BCUT2D eigenvalue weighted by Crippen LogP contribution is 2.23. The van der Waals surface area contributed by atoms with Crippen LogP contribution in [0, 0.1) is 5.92 Å². The zero-order chi connectivity index (χ0) is 16.3. The van der Waals surface area contributed by atoms with Crippen molar-refractivity contribution in [1.82, 2.24) is 0 Å². The van der Waals surface area contributed by atoms with E-state index in [9.17, 15) is 4.79 Å². The molecule has 0 saturated carbocycles. The van der Waals surface area contributed by atoms with E-state index in [0.29, 0.717) is 12.5 Å². The molecule has 0 radical (unpaired) electrons. The molecule has 3 heteroatoms. The van der Waals surface area contributed by atoms with Gasteiger partial charge >= 0.3 is 5.97 Å². The molecule has 0 aliphatic rings. The average Bonchev–Trinajstić information content (AvgIpc) is 2.33. The maximum Gasteiger partial charge on any atom is 0.330 e. The molecule has 1 atom stereocenters. The Labute approximate surface area is 135 Å². The SMILES string of the molecule is CCOC(=O)C=C(C)C=CCCC(C)CCCC(C)(C)Cl. The molecule has 0 aromatic heterocycles. The number of rotatable bonds is 10. The van der Waals surface area contributed by atoms with Crippen LogP contribution in [0.15, 0.2) is 23.8 Å². The van der Waals surface area contributed by atoms with E-state index in [1.807, 2.05) is 19.9 Å². The molecular weight excluding hydrogens is 284 g/mol. The second kappa shape index (κ2) is 10.9. The summed E-state index contributed by atoms with van der Waals surface area (Å²) in [5.74, 6) is 0.444. The lowest BCUT2D eigenvalue weighted by atomic mass is 9.95. The first-order valence-corrected chi connectivity index (χ1v) is 8.33. The quantitative estimate of drug-likeness (QED) is 0.225. The highest BCUT2D eigenvalue weighted by Gasteiger charge is 2.13. The Morgan fingerprint density at radius 3 is 2.57 bits per heavy atom. The number of halogens is 1. The number of esters is 1. The number of carbonyl (C=O) groups is 1. The molecule has 0 aromatic rings. The van der Waals surface area contributed by atoms with Crippen molar-refractivity contribution in [2.45, 2.75) is 71.6 Å². The van der Waals surface area contributed by atoms with E-state index in [4.69, 9.17) is 16.3 Å². The summed E-state index contributed by atoms with van der Waals surface area (Å²) in [4.78, 5) is 11.2. The monoisotopic (exact) mass is 314 g/mol. The van der Waals surface area contributed by atoms with Crippen LogP contribution in [0.4, 0.5) is 0 Å². The van der Waals surface area contributed by atoms with Crippen molar-refractivity contribution < 1.29 is 9.53 Å². The first-order valence-electron chi connectivity index (χ1n) is 7.95. The van der Waals surface area contributed by atoms with Gasteiger partial charge in [-0.05, 0) is 58.4 Å². The minimum atomic E-state index is -0.267. The predicted molar refractivity (Wildman–Crippen MR) is 91.7 cm³/mol. The molecule has 0 amide bonds. The Morgan fingerprint density at radius 1 is 1.33 bits per heavy atom. The third-order valence-corrected chi connectivity index (χ3v) is 3.50. The first kappa shape index (κ1) is 20.2. The molecule has 2 nitrogen and oxygen atoms in total. The van der Waals surface area contributed by atoms with Crippen LogP contribution < -0.4 is 0 Å². The lowest BCUT2D eigenvalue weighted by molar-refractivity contribution is -0.137. The largest absolute Gasteiger partial charge is 0.463 e. The van der Waals surface area contributed by atoms with E-state index in [0.717, 1.165) is 18.4 Å². The van der Waals surface area contributed by atoms with Gasteiger partial charge < -0.3 is 4.74 Å². The summed E-state index contributed by atoms with van der Waals surface area (Å²) >= 11 is 6.19. The van der Waals surface area contributed by atoms with E-state index < -0.39 is 0 Å². The van der Waals surface area contributed by atoms with Crippen molar-refractivity contribution in [3.05, 3.63) is 23.8 Å². The Morgan fingerprint density at radius 2 is 2.00 bits per heavy atom. The third-order valence-electron chi connectivity index (χ3n) is 3.31. The molecule has 0 fully saturated rings. The van der Waals surface area contributed by atoms with Crippen LogP contribution in [0.2, 0.25) is 0 Å². The summed E-state index contributed by atoms with van der Waals surface area (Å²) in [6.07, 6.45) is 11.3. The van der Waals surface area contributed by atoms with Gasteiger partial charge in [0.2, 0.25) is 0 Å². The maximum atomic E-state index is 11.3. The Balaban J connectivity index is 3.86. The molecule has 1 unspecified atom stereocenters. The van der Waals surface area contributed by atoms with Gasteiger partial charge in [-0.3, -0.25) is 0 Å². The zero-order valence-electron chi connectivity index (χ0n) is 14.2. The van der Waals surface area contributed by atoms with E-state index in [1.54, 1.807) is 0 Å². The number of ether oxygens (including phenoxy) is 1. The van der Waals surface area contributed by atoms with Gasteiger partial charge in [0, 0.05) is 11.0 Å². The van der Waals surface area contributed by atoms with Crippen LogP contribution in [-0.4, -0.2) is 17.5 Å². The lowest BCUT2D eigenvalue weighted by Crippen LogP contribution is -2.10. The van der Waals surface area contributed by atoms with Gasteiger partial charge in [0.05, 0.1) is 6.61 Å². The average molecular weight is 315 g/mol. The van der Waals surface area contributed by atoms with Gasteiger partial charge in [0.25, 0.3) is 0 Å². The van der Waals surface area contributed by atoms with Gasteiger partial charge in [-0.1, -0.05) is 31.9 Å². The van der Waals surface area contributed by atoms with Crippen molar-refractivity contribution in [2.75, 3.05) is 6.61 Å². The van der Waals surface area contributed by atoms with E-state index in [2.05, 4.69) is 26.8 Å². The van der Waals surface area contributed by atoms with Crippen molar-refractivity contribution >= 4 is 17.6 Å². The third kappa shape index (κ3) is 14.0. The topological polar surface area (TPSA) is 26.3 Å². The fourth-order valence-corrected chi connectivity index (χ4v) is 2.22. The number of alkyl halides is 1. The van der Waals surface area contributed by atoms with Crippen molar-refractivity contribution in [3.8, 4) is 0 Å². The second-order valence-electron chi connectivity index (χ2n) is 6.34. The molecular formula is C18H31ClO2. The molecule has 0 aliphatic carbocycles. The van der Waals surface area contributed by atoms with Gasteiger partial charge in [0.15, 0.2) is 0 Å². The molecule has 21 heavy (non-hydrogen) atoms. The van der Waals surface area contributed by atoms with Crippen molar-refractivity contribution in [1.29, 1.82) is 0 Å². The standard InChI is InChI=1S/C18H31ClO2/c1-6-21-17(20)14-16(3)11-8-7-10-15(2)12-9-13-18(4,5)19/h8,11,14-15H,6-7,9-10,12-13H2,1-5H3. The maximum absolute atomic E-state index is 11.3. The normalized spacial score (nSPS) is 14.5. The van der Waals surface area contributed by atoms with E-state index >= 15 is 0 Å². The molecule has 0 rings (SSSR count). The van der Waals surface area contributed by atoms with Crippen molar-refractivity contribution in [3.63, 3.8) is 0 Å². The van der Waals surface area contributed by atoms with Crippen molar-refractivity contribution in [2.24, 2.45) is 5.92 Å². The van der Waals surface area contributed by atoms with Crippen LogP contribution >= 0.6 is 11.6 Å². The fraction of sp³-hybridized carbons (Fsp3) is 0.722. The molecule has 0 aliphatic heterocycles. The summed E-state index contributed by atoms with van der Waals surface area (Å²) < 4.78 is 4.87.